The Morgan fingerprint density at radius 2 is 1.87 bits per heavy atom. The van der Waals surface area contributed by atoms with Crippen LogP contribution in [0.25, 0.3) is 10.8 Å². The summed E-state index contributed by atoms with van der Waals surface area (Å²) >= 11 is 0. The van der Waals surface area contributed by atoms with Gasteiger partial charge in [-0.3, -0.25) is 9.59 Å². The summed E-state index contributed by atoms with van der Waals surface area (Å²) in [7, 11) is 0. The zero-order valence-corrected chi connectivity index (χ0v) is 7.61. The molecule has 0 saturated carbocycles. The van der Waals surface area contributed by atoms with E-state index in [4.69, 9.17) is 5.73 Å². The lowest BCUT2D eigenvalue weighted by atomic mass is 10.1. The van der Waals surface area contributed by atoms with E-state index in [0.717, 1.165) is 6.20 Å². The second-order valence-corrected chi connectivity index (χ2v) is 3.07. The normalized spacial score (nSPS) is 10.5. The standard InChI is InChI=1S/C10H7FN2O2/c11-13-5-8(9(12)14)6-3-1-2-4-7(6)10(13)15/h1-5H,(H2,12,14). The van der Waals surface area contributed by atoms with Crippen molar-refractivity contribution in [3.63, 3.8) is 0 Å². The number of halogens is 1. The molecule has 0 bridgehead atoms. The summed E-state index contributed by atoms with van der Waals surface area (Å²) in [4.78, 5) is 22.2. The fourth-order valence-electron chi connectivity index (χ4n) is 1.46. The molecule has 1 heterocycles. The smallest absolute Gasteiger partial charge is 0.286 e. The Kier molecular flexibility index (Phi) is 2.00. The van der Waals surface area contributed by atoms with E-state index in [-0.39, 0.29) is 15.7 Å². The van der Waals surface area contributed by atoms with Crippen molar-refractivity contribution in [2.75, 3.05) is 0 Å². The number of nitrogens with two attached hydrogens (primary N) is 1. The zero-order valence-electron chi connectivity index (χ0n) is 7.61. The van der Waals surface area contributed by atoms with Gasteiger partial charge in [0.2, 0.25) is 0 Å². The average Bonchev–Trinajstić information content (AvgIpc) is 2.23. The molecule has 0 aliphatic heterocycles. The van der Waals surface area contributed by atoms with Gasteiger partial charge in [0.1, 0.15) is 0 Å². The monoisotopic (exact) mass is 206 g/mol. The van der Waals surface area contributed by atoms with E-state index in [1.807, 2.05) is 0 Å². The largest absolute Gasteiger partial charge is 0.366 e. The lowest BCUT2D eigenvalue weighted by Crippen LogP contribution is -2.19. The first kappa shape index (κ1) is 9.39. The van der Waals surface area contributed by atoms with Crippen molar-refractivity contribution in [3.8, 4) is 0 Å². The van der Waals surface area contributed by atoms with Gasteiger partial charge in [0, 0.05) is 5.39 Å². The van der Waals surface area contributed by atoms with Crippen molar-refractivity contribution >= 4 is 16.7 Å². The Bertz CT molecular complexity index is 604. The highest BCUT2D eigenvalue weighted by atomic mass is 19.2. The Balaban J connectivity index is 3.01. The summed E-state index contributed by atoms with van der Waals surface area (Å²) in [6.45, 7) is 0. The molecule has 2 rings (SSSR count). The van der Waals surface area contributed by atoms with Gasteiger partial charge in [0.15, 0.2) is 0 Å². The summed E-state index contributed by atoms with van der Waals surface area (Å²) in [6, 6.07) is 6.24. The minimum absolute atomic E-state index is 0.00676. The van der Waals surface area contributed by atoms with Crippen LogP contribution < -0.4 is 11.3 Å². The van der Waals surface area contributed by atoms with E-state index < -0.39 is 11.5 Å². The molecule has 0 saturated heterocycles. The van der Waals surface area contributed by atoms with Crippen molar-refractivity contribution in [3.05, 3.63) is 46.4 Å². The van der Waals surface area contributed by atoms with Crippen LogP contribution in [0.2, 0.25) is 0 Å². The minimum Gasteiger partial charge on any atom is -0.366 e. The van der Waals surface area contributed by atoms with Gasteiger partial charge in [-0.1, -0.05) is 22.7 Å². The van der Waals surface area contributed by atoms with Crippen molar-refractivity contribution in [1.29, 1.82) is 0 Å². The number of pyridine rings is 1. The van der Waals surface area contributed by atoms with Crippen LogP contribution in [0.1, 0.15) is 10.4 Å². The number of amides is 1. The van der Waals surface area contributed by atoms with Crippen LogP contribution in [0, 0.1) is 0 Å². The van der Waals surface area contributed by atoms with E-state index in [2.05, 4.69) is 0 Å². The maximum Gasteiger partial charge on any atom is 0.286 e. The van der Waals surface area contributed by atoms with Crippen molar-refractivity contribution in [1.82, 2.24) is 4.79 Å². The number of carbonyl (C=O) groups is 1. The van der Waals surface area contributed by atoms with Gasteiger partial charge in [-0.2, -0.15) is 0 Å². The Labute approximate surface area is 83.7 Å². The number of carbonyl (C=O) groups excluding carboxylic acids is 1. The molecule has 76 valence electrons. The maximum atomic E-state index is 13.1. The number of hydrogen-bond acceptors (Lipinski definition) is 2. The number of fused-ring (bicyclic) bond motifs is 1. The fourth-order valence-corrected chi connectivity index (χ4v) is 1.46. The third-order valence-electron chi connectivity index (χ3n) is 2.15. The van der Waals surface area contributed by atoms with E-state index >= 15 is 0 Å². The van der Waals surface area contributed by atoms with Crippen LogP contribution >= 0.6 is 0 Å². The fraction of sp³-hybridized carbons (Fsp3) is 0. The first-order valence-corrected chi connectivity index (χ1v) is 4.21. The van der Waals surface area contributed by atoms with Crippen molar-refractivity contribution < 1.29 is 9.28 Å². The quantitative estimate of drug-likeness (QED) is 0.751. The van der Waals surface area contributed by atoms with Gasteiger partial charge in [0.05, 0.1) is 17.1 Å². The highest BCUT2D eigenvalue weighted by Gasteiger charge is 2.11. The molecule has 2 N–H and O–H groups in total. The van der Waals surface area contributed by atoms with Crippen LogP contribution in [-0.4, -0.2) is 10.7 Å². The third kappa shape index (κ3) is 1.38. The summed E-state index contributed by atoms with van der Waals surface area (Å²) in [5, 5.41) is 0.500. The molecular weight excluding hydrogens is 199 g/mol. The van der Waals surface area contributed by atoms with Crippen molar-refractivity contribution in [2.45, 2.75) is 0 Å². The number of benzene rings is 1. The lowest BCUT2D eigenvalue weighted by Gasteiger charge is -2.03. The predicted octanol–water partition coefficient (Wildman–Crippen LogP) is 0.833. The molecule has 5 heteroatoms. The highest BCUT2D eigenvalue weighted by Crippen LogP contribution is 2.14. The summed E-state index contributed by atoms with van der Waals surface area (Å²) in [6.07, 6.45) is 0.799. The first-order valence-electron chi connectivity index (χ1n) is 4.21. The first-order chi connectivity index (χ1) is 7.11. The molecule has 0 spiro atoms. The van der Waals surface area contributed by atoms with Crippen LogP contribution in [-0.2, 0) is 0 Å². The van der Waals surface area contributed by atoms with Gasteiger partial charge >= 0.3 is 0 Å². The van der Waals surface area contributed by atoms with Crippen LogP contribution in [0.4, 0.5) is 4.48 Å². The molecule has 15 heavy (non-hydrogen) atoms. The van der Waals surface area contributed by atoms with Crippen LogP contribution in [0.5, 0.6) is 0 Å². The molecule has 2 aromatic rings. The average molecular weight is 206 g/mol. The third-order valence-corrected chi connectivity index (χ3v) is 2.15. The number of rotatable bonds is 1. The number of nitrogens with zero attached hydrogens (tertiary/aromatic N) is 1. The number of primary amides is 1. The SMILES string of the molecule is NC(=O)c1cn(F)c(=O)c2ccccc12. The molecule has 1 aromatic carbocycles. The molecular formula is C10H7FN2O2. The molecule has 0 fully saturated rings. The second kappa shape index (κ2) is 3.20. The molecule has 1 amide bonds. The second-order valence-electron chi connectivity index (χ2n) is 3.07. The van der Waals surface area contributed by atoms with Crippen LogP contribution in [0.15, 0.2) is 35.3 Å². The minimum atomic E-state index is -0.796. The Hall–Kier alpha value is -2.17. The Morgan fingerprint density at radius 1 is 1.27 bits per heavy atom. The van der Waals surface area contributed by atoms with E-state index in [1.54, 1.807) is 18.2 Å². The molecule has 4 nitrogen and oxygen atoms in total. The van der Waals surface area contributed by atoms with E-state index in [1.165, 1.54) is 6.07 Å². The van der Waals surface area contributed by atoms with Gasteiger partial charge in [-0.15, -0.1) is 4.79 Å². The summed E-state index contributed by atoms with van der Waals surface area (Å²) in [5.41, 5.74) is 4.28. The number of hydrogen-bond donors (Lipinski definition) is 1. The molecule has 0 unspecified atom stereocenters. The van der Waals surface area contributed by atoms with E-state index in [9.17, 15) is 14.1 Å². The number of aromatic nitrogens is 1. The molecule has 0 atom stereocenters. The van der Waals surface area contributed by atoms with Gasteiger partial charge in [0.25, 0.3) is 11.5 Å². The van der Waals surface area contributed by atoms with Crippen molar-refractivity contribution in [2.24, 2.45) is 5.73 Å². The van der Waals surface area contributed by atoms with Gasteiger partial charge in [-0.05, 0) is 6.07 Å². The molecule has 0 aliphatic rings. The molecule has 1 aromatic heterocycles. The topological polar surface area (TPSA) is 65.1 Å². The zero-order chi connectivity index (χ0) is 11.0. The predicted molar refractivity (Wildman–Crippen MR) is 53.2 cm³/mol. The maximum absolute atomic E-state index is 13.1. The molecule has 0 radical (unpaired) electrons. The summed E-state index contributed by atoms with van der Waals surface area (Å²) in [5.74, 6) is -0.766. The van der Waals surface area contributed by atoms with Gasteiger partial charge < -0.3 is 5.73 Å². The van der Waals surface area contributed by atoms with Crippen LogP contribution in [0.3, 0.4) is 0 Å². The van der Waals surface area contributed by atoms with Gasteiger partial charge in [-0.25, -0.2) is 0 Å². The molecule has 0 aliphatic carbocycles. The Morgan fingerprint density at radius 3 is 2.47 bits per heavy atom. The lowest BCUT2D eigenvalue weighted by molar-refractivity contribution is 0.1000. The van der Waals surface area contributed by atoms with E-state index in [0.29, 0.717) is 5.39 Å². The summed E-state index contributed by atoms with van der Waals surface area (Å²) < 4.78 is 13.1. The highest BCUT2D eigenvalue weighted by molar-refractivity contribution is 6.05.